The number of hydrogen-bond acceptors (Lipinski definition) is 3. The van der Waals surface area contributed by atoms with Gasteiger partial charge in [0.1, 0.15) is 5.82 Å². The van der Waals surface area contributed by atoms with E-state index in [1.165, 1.54) is 6.20 Å². The number of nitrogens with one attached hydrogen (secondary N) is 2. The van der Waals surface area contributed by atoms with E-state index in [9.17, 15) is 8.42 Å². The van der Waals surface area contributed by atoms with Crippen LogP contribution in [0.3, 0.4) is 0 Å². The second kappa shape index (κ2) is 5.97. The first-order valence-electron chi connectivity index (χ1n) is 5.46. The van der Waals surface area contributed by atoms with Crippen molar-refractivity contribution in [2.75, 3.05) is 6.54 Å². The minimum Gasteiger partial charge on any atom is -0.332 e. The molecule has 1 rings (SSSR count). The zero-order valence-electron chi connectivity index (χ0n) is 10.2. The van der Waals surface area contributed by atoms with Gasteiger partial charge in [-0.15, -0.1) is 0 Å². The molecule has 0 spiro atoms. The summed E-state index contributed by atoms with van der Waals surface area (Å²) >= 11 is 3.46. The van der Waals surface area contributed by atoms with Crippen molar-refractivity contribution in [2.24, 2.45) is 5.92 Å². The lowest BCUT2D eigenvalue weighted by Crippen LogP contribution is -2.30. The molecule has 0 aliphatic carbocycles. The molecule has 0 saturated heterocycles. The van der Waals surface area contributed by atoms with Gasteiger partial charge in [0.2, 0.25) is 0 Å². The fourth-order valence-corrected chi connectivity index (χ4v) is 3.58. The summed E-state index contributed by atoms with van der Waals surface area (Å²) in [6.07, 6.45) is 2.24. The second-order valence-electron chi connectivity index (χ2n) is 4.41. The quantitative estimate of drug-likeness (QED) is 0.784. The van der Waals surface area contributed by atoms with Crippen molar-refractivity contribution in [1.82, 2.24) is 14.7 Å². The Bertz CT molecular complexity index is 456. The maximum Gasteiger partial charge on any atom is 0.257 e. The van der Waals surface area contributed by atoms with E-state index in [4.69, 9.17) is 0 Å². The average molecular weight is 324 g/mol. The smallest absolute Gasteiger partial charge is 0.257 e. The van der Waals surface area contributed by atoms with Crippen LogP contribution in [0.25, 0.3) is 0 Å². The number of imidazole rings is 1. The third-order valence-corrected chi connectivity index (χ3v) is 4.22. The van der Waals surface area contributed by atoms with Crippen LogP contribution in [0.2, 0.25) is 0 Å². The molecule has 0 radical (unpaired) electrons. The van der Waals surface area contributed by atoms with Crippen molar-refractivity contribution >= 4 is 26.0 Å². The van der Waals surface area contributed by atoms with Gasteiger partial charge in [-0.2, -0.15) is 0 Å². The number of halogens is 1. The van der Waals surface area contributed by atoms with E-state index in [-0.39, 0.29) is 9.85 Å². The third-order valence-electron chi connectivity index (χ3n) is 2.19. The summed E-state index contributed by atoms with van der Waals surface area (Å²) in [4.78, 5) is 6.72. The molecule has 5 nitrogen and oxygen atoms in total. The van der Waals surface area contributed by atoms with Crippen LogP contribution < -0.4 is 4.72 Å². The molecule has 2 N–H and O–H groups in total. The van der Waals surface area contributed by atoms with E-state index in [0.29, 0.717) is 18.3 Å². The van der Waals surface area contributed by atoms with Crippen LogP contribution >= 0.6 is 15.9 Å². The number of sulfonamides is 1. The summed E-state index contributed by atoms with van der Waals surface area (Å²) in [6, 6.07) is 0. The lowest BCUT2D eigenvalue weighted by atomic mass is 10.1. The standard InChI is InChI=1S/C10H18BrN3O2S/c1-7(2)4-9(11)5-13-17(15,16)10-6-12-8(3)14-10/h6-7,9,13H,4-5H2,1-3H3,(H,12,14). The molecule has 1 heterocycles. The topological polar surface area (TPSA) is 74.8 Å². The van der Waals surface area contributed by atoms with E-state index in [0.717, 1.165) is 6.42 Å². The first kappa shape index (κ1) is 14.7. The van der Waals surface area contributed by atoms with Crippen LogP contribution in [0.1, 0.15) is 26.1 Å². The van der Waals surface area contributed by atoms with Crippen LogP contribution in [0.5, 0.6) is 0 Å². The Labute approximate surface area is 111 Å². The lowest BCUT2D eigenvalue weighted by molar-refractivity contribution is 0.550. The molecule has 0 aromatic carbocycles. The van der Waals surface area contributed by atoms with E-state index >= 15 is 0 Å². The van der Waals surface area contributed by atoms with Gasteiger partial charge in [0, 0.05) is 11.4 Å². The van der Waals surface area contributed by atoms with Crippen molar-refractivity contribution < 1.29 is 8.42 Å². The zero-order chi connectivity index (χ0) is 13.1. The fourth-order valence-electron chi connectivity index (χ4n) is 1.41. The van der Waals surface area contributed by atoms with Crippen LogP contribution in [-0.2, 0) is 10.0 Å². The Balaban J connectivity index is 2.56. The lowest BCUT2D eigenvalue weighted by Gasteiger charge is -2.12. The SMILES string of the molecule is Cc1ncc(S(=O)(=O)NCC(Br)CC(C)C)[nH]1. The number of hydrogen-bond donors (Lipinski definition) is 2. The molecular formula is C10H18BrN3O2S. The highest BCUT2D eigenvalue weighted by Gasteiger charge is 2.18. The number of H-pyrrole nitrogens is 1. The largest absolute Gasteiger partial charge is 0.332 e. The molecule has 0 aliphatic heterocycles. The van der Waals surface area contributed by atoms with Crippen LogP contribution in [0.4, 0.5) is 0 Å². The molecule has 1 unspecified atom stereocenters. The minimum absolute atomic E-state index is 0.110. The van der Waals surface area contributed by atoms with Gasteiger partial charge >= 0.3 is 0 Å². The maximum atomic E-state index is 11.8. The van der Waals surface area contributed by atoms with E-state index in [1.54, 1.807) is 6.92 Å². The van der Waals surface area contributed by atoms with Crippen molar-refractivity contribution in [1.29, 1.82) is 0 Å². The van der Waals surface area contributed by atoms with Gasteiger partial charge < -0.3 is 4.98 Å². The Morgan fingerprint density at radius 3 is 2.65 bits per heavy atom. The van der Waals surface area contributed by atoms with E-state index < -0.39 is 10.0 Å². The molecule has 1 aromatic heterocycles. The number of aryl methyl sites for hydroxylation is 1. The summed E-state index contributed by atoms with van der Waals surface area (Å²) < 4.78 is 26.2. The number of alkyl halides is 1. The predicted molar refractivity (Wildman–Crippen MR) is 70.7 cm³/mol. The number of aromatic nitrogens is 2. The molecule has 0 aliphatic rings. The molecule has 0 bridgehead atoms. The summed E-state index contributed by atoms with van der Waals surface area (Å²) in [7, 11) is -3.47. The monoisotopic (exact) mass is 323 g/mol. The summed E-state index contributed by atoms with van der Waals surface area (Å²) in [5, 5.41) is 0.110. The molecule has 1 aromatic rings. The summed E-state index contributed by atoms with van der Waals surface area (Å²) in [6.45, 7) is 6.28. The van der Waals surface area contributed by atoms with E-state index in [1.807, 2.05) is 0 Å². The van der Waals surface area contributed by atoms with Crippen LogP contribution in [0.15, 0.2) is 11.2 Å². The minimum atomic E-state index is -3.47. The van der Waals surface area contributed by atoms with Crippen LogP contribution in [-0.4, -0.2) is 29.8 Å². The number of rotatable bonds is 6. The number of aromatic amines is 1. The van der Waals surface area contributed by atoms with E-state index in [2.05, 4.69) is 44.5 Å². The van der Waals surface area contributed by atoms with Crippen molar-refractivity contribution in [2.45, 2.75) is 37.0 Å². The molecule has 0 saturated carbocycles. The first-order chi connectivity index (χ1) is 7.81. The van der Waals surface area contributed by atoms with Gasteiger partial charge in [0.05, 0.1) is 6.20 Å². The van der Waals surface area contributed by atoms with Gasteiger partial charge in [-0.1, -0.05) is 29.8 Å². The first-order valence-corrected chi connectivity index (χ1v) is 7.86. The highest BCUT2D eigenvalue weighted by Crippen LogP contribution is 2.13. The molecule has 1 atom stereocenters. The van der Waals surface area contributed by atoms with Crippen molar-refractivity contribution in [3.8, 4) is 0 Å². The molecule has 0 fully saturated rings. The highest BCUT2D eigenvalue weighted by atomic mass is 79.9. The Morgan fingerprint density at radius 1 is 1.53 bits per heavy atom. The second-order valence-corrected chi connectivity index (χ2v) is 7.44. The third kappa shape index (κ3) is 4.77. The fraction of sp³-hybridized carbons (Fsp3) is 0.700. The van der Waals surface area contributed by atoms with Crippen LogP contribution in [0, 0.1) is 12.8 Å². The highest BCUT2D eigenvalue weighted by molar-refractivity contribution is 9.09. The molecule has 7 heteroatoms. The molecule has 98 valence electrons. The van der Waals surface area contributed by atoms with Gasteiger partial charge in [0.15, 0.2) is 5.03 Å². The van der Waals surface area contributed by atoms with Gasteiger partial charge in [-0.3, -0.25) is 0 Å². The average Bonchev–Trinajstić information content (AvgIpc) is 2.62. The number of nitrogens with zero attached hydrogens (tertiary/aromatic N) is 1. The maximum absolute atomic E-state index is 11.8. The zero-order valence-corrected chi connectivity index (χ0v) is 12.6. The van der Waals surface area contributed by atoms with Gasteiger partial charge in [0.25, 0.3) is 10.0 Å². The van der Waals surface area contributed by atoms with Crippen molar-refractivity contribution in [3.05, 3.63) is 12.0 Å². The Hall–Kier alpha value is -0.400. The Morgan fingerprint density at radius 2 is 2.18 bits per heavy atom. The van der Waals surface area contributed by atoms with Gasteiger partial charge in [-0.25, -0.2) is 18.1 Å². The molecule has 0 amide bonds. The normalized spacial score (nSPS) is 14.2. The molecule has 17 heavy (non-hydrogen) atoms. The summed E-state index contributed by atoms with van der Waals surface area (Å²) in [5.41, 5.74) is 0. The molecular weight excluding hydrogens is 306 g/mol. The Kier molecular flexibility index (Phi) is 5.15. The van der Waals surface area contributed by atoms with Gasteiger partial charge in [-0.05, 0) is 19.3 Å². The predicted octanol–water partition coefficient (Wildman–Crippen LogP) is 1.81. The summed E-state index contributed by atoms with van der Waals surface area (Å²) in [5.74, 6) is 1.11. The van der Waals surface area contributed by atoms with Crippen molar-refractivity contribution in [3.63, 3.8) is 0 Å².